The number of hydrogen-bond donors (Lipinski definition) is 1. The number of thioether (sulfide) groups is 1. The van der Waals surface area contributed by atoms with Gasteiger partial charge in [-0.3, -0.25) is 9.36 Å². The fourth-order valence-corrected chi connectivity index (χ4v) is 2.98. The molecule has 1 atom stereocenters. The van der Waals surface area contributed by atoms with E-state index in [-0.39, 0.29) is 17.3 Å². The van der Waals surface area contributed by atoms with Gasteiger partial charge < -0.3 is 10.5 Å². The Balaban J connectivity index is 2.87. The predicted molar refractivity (Wildman–Crippen MR) is 76.0 cm³/mol. The van der Waals surface area contributed by atoms with Crippen molar-refractivity contribution in [1.82, 2.24) is 14.8 Å². The highest BCUT2D eigenvalue weighted by Gasteiger charge is 2.24. The first-order chi connectivity index (χ1) is 9.01. The van der Waals surface area contributed by atoms with E-state index in [4.69, 9.17) is 10.5 Å². The van der Waals surface area contributed by atoms with Crippen LogP contribution in [0.4, 0.5) is 5.95 Å². The van der Waals surface area contributed by atoms with Crippen molar-refractivity contribution in [3.8, 4) is 0 Å². The molecule has 0 fully saturated rings. The fraction of sp³-hybridized carbons (Fsp3) is 0.750. The van der Waals surface area contributed by atoms with Gasteiger partial charge in [-0.1, -0.05) is 25.1 Å². The number of aromatic nitrogens is 3. The average molecular weight is 286 g/mol. The van der Waals surface area contributed by atoms with E-state index in [0.717, 1.165) is 12.8 Å². The molecule has 1 aromatic rings. The van der Waals surface area contributed by atoms with Gasteiger partial charge in [0.15, 0.2) is 5.16 Å². The Hall–Kier alpha value is -1.24. The zero-order valence-electron chi connectivity index (χ0n) is 11.9. The van der Waals surface area contributed by atoms with Crippen molar-refractivity contribution in [1.29, 1.82) is 0 Å². The van der Waals surface area contributed by atoms with E-state index in [1.165, 1.54) is 11.8 Å². The van der Waals surface area contributed by atoms with Crippen molar-refractivity contribution < 1.29 is 9.53 Å². The normalized spacial score (nSPS) is 12.7. The molecule has 0 bridgehead atoms. The molecule has 1 unspecified atom stereocenters. The number of hydrogen-bond acceptors (Lipinski definition) is 6. The highest BCUT2D eigenvalue weighted by Crippen LogP contribution is 2.29. The lowest BCUT2D eigenvalue weighted by Gasteiger charge is -2.16. The summed E-state index contributed by atoms with van der Waals surface area (Å²) >= 11 is 1.37. The van der Waals surface area contributed by atoms with Crippen molar-refractivity contribution in [3.05, 3.63) is 0 Å². The van der Waals surface area contributed by atoms with E-state index in [0.29, 0.717) is 17.7 Å². The Morgan fingerprint density at radius 1 is 1.42 bits per heavy atom. The maximum Gasteiger partial charge on any atom is 0.319 e. The number of nitrogen functional groups attached to an aromatic ring is 1. The number of rotatable bonds is 7. The molecular weight excluding hydrogens is 264 g/mol. The van der Waals surface area contributed by atoms with Gasteiger partial charge in [-0.25, -0.2) is 0 Å². The first-order valence-corrected chi connectivity index (χ1v) is 7.42. The van der Waals surface area contributed by atoms with Gasteiger partial charge in [0, 0.05) is 6.04 Å². The Kier molecular flexibility index (Phi) is 6.14. The van der Waals surface area contributed by atoms with Crippen LogP contribution in [0, 0.1) is 0 Å². The maximum absolute atomic E-state index is 11.9. The van der Waals surface area contributed by atoms with Crippen molar-refractivity contribution in [2.75, 3.05) is 12.3 Å². The van der Waals surface area contributed by atoms with E-state index in [1.807, 2.05) is 25.3 Å². The molecule has 0 spiro atoms. The van der Waals surface area contributed by atoms with Gasteiger partial charge in [0.2, 0.25) is 5.95 Å². The molecule has 0 saturated heterocycles. The van der Waals surface area contributed by atoms with Crippen molar-refractivity contribution in [2.24, 2.45) is 0 Å². The minimum Gasteiger partial charge on any atom is -0.465 e. The van der Waals surface area contributed by atoms with Crippen LogP contribution in [0.25, 0.3) is 0 Å². The van der Waals surface area contributed by atoms with E-state index in [1.54, 1.807) is 6.92 Å². The van der Waals surface area contributed by atoms with Gasteiger partial charge in [0.25, 0.3) is 0 Å². The second-order valence-corrected chi connectivity index (χ2v) is 5.62. The maximum atomic E-state index is 11.9. The molecule has 0 aliphatic heterocycles. The van der Waals surface area contributed by atoms with E-state index in [9.17, 15) is 4.79 Å². The standard InChI is InChI=1S/C12H22N4O2S/c1-5-7-9(10(17)18-6-2)19-12-15-14-11(13)16(12)8(3)4/h8-9H,5-7H2,1-4H3,(H2,13,14). The van der Waals surface area contributed by atoms with Crippen molar-refractivity contribution in [2.45, 2.75) is 57.0 Å². The quantitative estimate of drug-likeness (QED) is 0.611. The van der Waals surface area contributed by atoms with E-state index in [2.05, 4.69) is 10.2 Å². The Bertz CT molecular complexity index is 420. The van der Waals surface area contributed by atoms with E-state index >= 15 is 0 Å². The largest absolute Gasteiger partial charge is 0.465 e. The second-order valence-electron chi connectivity index (χ2n) is 4.45. The summed E-state index contributed by atoms with van der Waals surface area (Å²) in [6.07, 6.45) is 1.65. The van der Waals surface area contributed by atoms with Crippen LogP contribution in [0.3, 0.4) is 0 Å². The Labute approximate surface area is 118 Å². The predicted octanol–water partition coefficient (Wildman–Crippen LogP) is 2.27. The van der Waals surface area contributed by atoms with Gasteiger partial charge in [-0.2, -0.15) is 0 Å². The van der Waals surface area contributed by atoms with Crippen LogP contribution in [0.5, 0.6) is 0 Å². The number of nitrogens with zero attached hydrogens (tertiary/aromatic N) is 3. The Morgan fingerprint density at radius 3 is 2.63 bits per heavy atom. The van der Waals surface area contributed by atoms with Crippen LogP contribution in [-0.4, -0.2) is 32.6 Å². The van der Waals surface area contributed by atoms with Crippen LogP contribution in [0.15, 0.2) is 5.16 Å². The summed E-state index contributed by atoms with van der Waals surface area (Å²) in [5.41, 5.74) is 5.79. The molecule has 7 heteroatoms. The molecule has 2 N–H and O–H groups in total. The second kappa shape index (κ2) is 7.37. The number of nitrogens with two attached hydrogens (primary N) is 1. The molecule has 0 aliphatic carbocycles. The summed E-state index contributed by atoms with van der Waals surface area (Å²) in [5, 5.41) is 8.33. The molecule has 108 valence electrons. The molecule has 0 radical (unpaired) electrons. The highest BCUT2D eigenvalue weighted by molar-refractivity contribution is 8.00. The van der Waals surface area contributed by atoms with Crippen LogP contribution >= 0.6 is 11.8 Å². The van der Waals surface area contributed by atoms with Gasteiger partial charge in [-0.05, 0) is 27.2 Å². The van der Waals surface area contributed by atoms with Gasteiger partial charge >= 0.3 is 5.97 Å². The summed E-state index contributed by atoms with van der Waals surface area (Å²) in [5.74, 6) is 0.169. The molecule has 1 rings (SSSR count). The molecule has 6 nitrogen and oxygen atoms in total. The van der Waals surface area contributed by atoms with Crippen molar-refractivity contribution >= 4 is 23.7 Å². The molecule has 1 aromatic heterocycles. The molecule has 1 heterocycles. The third-order valence-corrected chi connectivity index (χ3v) is 3.76. The van der Waals surface area contributed by atoms with Gasteiger partial charge in [0.05, 0.1) is 6.61 Å². The first-order valence-electron chi connectivity index (χ1n) is 6.54. The molecule has 0 amide bonds. The number of ether oxygens (including phenoxy) is 1. The summed E-state index contributed by atoms with van der Waals surface area (Å²) < 4.78 is 6.91. The van der Waals surface area contributed by atoms with Crippen molar-refractivity contribution in [3.63, 3.8) is 0 Å². The summed E-state index contributed by atoms with van der Waals surface area (Å²) in [6, 6.07) is 0.155. The fourth-order valence-electron chi connectivity index (χ4n) is 1.70. The minimum atomic E-state index is -0.258. The average Bonchev–Trinajstić information content (AvgIpc) is 2.70. The summed E-state index contributed by atoms with van der Waals surface area (Å²) in [4.78, 5) is 11.9. The summed E-state index contributed by atoms with van der Waals surface area (Å²) in [6.45, 7) is 8.24. The molecule has 19 heavy (non-hydrogen) atoms. The zero-order chi connectivity index (χ0) is 14.4. The zero-order valence-corrected chi connectivity index (χ0v) is 12.7. The SMILES string of the molecule is CCCC(Sc1nnc(N)n1C(C)C)C(=O)OCC. The lowest BCUT2D eigenvalue weighted by atomic mass is 10.2. The lowest BCUT2D eigenvalue weighted by Crippen LogP contribution is -2.21. The van der Waals surface area contributed by atoms with Crippen LogP contribution < -0.4 is 5.73 Å². The van der Waals surface area contributed by atoms with E-state index < -0.39 is 0 Å². The number of carbonyl (C=O) groups excluding carboxylic acids is 1. The molecule has 0 aromatic carbocycles. The van der Waals surface area contributed by atoms with Crippen LogP contribution in [0.1, 0.15) is 46.6 Å². The van der Waals surface area contributed by atoms with Crippen LogP contribution in [-0.2, 0) is 9.53 Å². The number of esters is 1. The minimum absolute atomic E-state index is 0.155. The number of carbonyl (C=O) groups is 1. The third kappa shape index (κ3) is 4.12. The van der Waals surface area contributed by atoms with Crippen LogP contribution in [0.2, 0.25) is 0 Å². The molecule has 0 saturated carbocycles. The smallest absolute Gasteiger partial charge is 0.319 e. The lowest BCUT2D eigenvalue weighted by molar-refractivity contribution is -0.142. The molecule has 0 aliphatic rings. The highest BCUT2D eigenvalue weighted by atomic mass is 32.2. The first kappa shape index (κ1) is 15.8. The van der Waals surface area contributed by atoms with Gasteiger partial charge in [0.1, 0.15) is 5.25 Å². The molecular formula is C12H22N4O2S. The summed E-state index contributed by atoms with van der Waals surface area (Å²) in [7, 11) is 0. The monoisotopic (exact) mass is 286 g/mol. The topological polar surface area (TPSA) is 83.0 Å². The number of anilines is 1. The Morgan fingerprint density at radius 2 is 2.11 bits per heavy atom. The van der Waals surface area contributed by atoms with Gasteiger partial charge in [-0.15, -0.1) is 10.2 Å². The third-order valence-electron chi connectivity index (χ3n) is 2.56.